The molecule has 2 aliphatic heterocycles. The Labute approximate surface area is 141 Å². The number of amides is 1. The van der Waals surface area contributed by atoms with E-state index in [9.17, 15) is 9.18 Å². The molecule has 7 heteroatoms. The lowest BCUT2D eigenvalue weighted by molar-refractivity contribution is 0.0626. The molecule has 132 valence electrons. The number of pyridine rings is 1. The molecular weight excluding hydrogens is 313 g/mol. The minimum absolute atomic E-state index is 0.0799. The Morgan fingerprint density at radius 2 is 2.33 bits per heavy atom. The molecule has 1 aromatic rings. The van der Waals surface area contributed by atoms with Gasteiger partial charge in [-0.05, 0) is 19.0 Å². The molecule has 0 aliphatic carbocycles. The molecule has 3 heterocycles. The van der Waals surface area contributed by atoms with Crippen molar-refractivity contribution in [3.63, 3.8) is 0 Å². The molecule has 24 heavy (non-hydrogen) atoms. The Kier molecular flexibility index (Phi) is 5.43. The largest absolute Gasteiger partial charge is 0.383 e. The fraction of sp³-hybridized carbons (Fsp3) is 0.647. The van der Waals surface area contributed by atoms with E-state index in [-0.39, 0.29) is 16.9 Å². The zero-order valence-electron chi connectivity index (χ0n) is 14.0. The second-order valence-electron chi connectivity index (χ2n) is 6.65. The third-order valence-electron chi connectivity index (χ3n) is 4.86. The number of methoxy groups -OCH3 is 1. The van der Waals surface area contributed by atoms with Crippen molar-refractivity contribution in [3.8, 4) is 0 Å². The number of hydrogen-bond donors (Lipinski definition) is 0. The number of ether oxygens (including phenoxy) is 2. The van der Waals surface area contributed by atoms with Crippen LogP contribution in [-0.2, 0) is 9.47 Å². The van der Waals surface area contributed by atoms with Crippen molar-refractivity contribution in [2.24, 2.45) is 5.41 Å². The molecule has 0 N–H and O–H groups in total. The number of halogens is 1. The maximum absolute atomic E-state index is 13.9. The summed E-state index contributed by atoms with van der Waals surface area (Å²) in [4.78, 5) is 20.5. The first-order valence-electron chi connectivity index (χ1n) is 8.31. The highest BCUT2D eigenvalue weighted by Gasteiger charge is 2.42. The van der Waals surface area contributed by atoms with Crippen LogP contribution in [0.5, 0.6) is 0 Å². The van der Waals surface area contributed by atoms with Crippen molar-refractivity contribution in [1.82, 2.24) is 14.8 Å². The summed E-state index contributed by atoms with van der Waals surface area (Å²) in [5.41, 5.74) is -0.0000579. The highest BCUT2D eigenvalue weighted by Crippen LogP contribution is 2.33. The molecule has 0 radical (unpaired) electrons. The van der Waals surface area contributed by atoms with E-state index in [4.69, 9.17) is 9.47 Å². The second kappa shape index (κ2) is 7.55. The van der Waals surface area contributed by atoms with Gasteiger partial charge in [0.15, 0.2) is 5.82 Å². The van der Waals surface area contributed by atoms with Crippen LogP contribution in [0.2, 0.25) is 0 Å². The fourth-order valence-corrected chi connectivity index (χ4v) is 3.57. The topological polar surface area (TPSA) is 54.9 Å². The average Bonchev–Trinajstić information content (AvgIpc) is 2.86. The maximum Gasteiger partial charge on any atom is 0.257 e. The molecule has 1 atom stereocenters. The van der Waals surface area contributed by atoms with Gasteiger partial charge >= 0.3 is 0 Å². The van der Waals surface area contributed by atoms with E-state index in [2.05, 4.69) is 9.88 Å². The van der Waals surface area contributed by atoms with Crippen molar-refractivity contribution in [2.45, 2.75) is 6.42 Å². The number of rotatable bonds is 4. The standard InChI is InChI=1S/C17H24FN3O3/c1-23-8-6-20-5-3-17(11-20)12-21(7-9-24-13-17)16(22)14-2-4-19-10-15(14)18/h2,4,10H,3,5-9,11-13H2,1H3/t17-/m0/s1. The van der Waals surface area contributed by atoms with Crippen molar-refractivity contribution in [3.05, 3.63) is 29.8 Å². The maximum atomic E-state index is 13.9. The monoisotopic (exact) mass is 337 g/mol. The average molecular weight is 337 g/mol. The van der Waals surface area contributed by atoms with Gasteiger partial charge in [-0.25, -0.2) is 4.39 Å². The van der Waals surface area contributed by atoms with Gasteiger partial charge in [0.25, 0.3) is 5.91 Å². The second-order valence-corrected chi connectivity index (χ2v) is 6.65. The molecule has 0 unspecified atom stereocenters. The number of nitrogens with zero attached hydrogens (tertiary/aromatic N) is 3. The van der Waals surface area contributed by atoms with Gasteiger partial charge in [0.05, 0.1) is 31.6 Å². The molecule has 0 saturated carbocycles. The lowest BCUT2D eigenvalue weighted by Crippen LogP contribution is -2.43. The fourth-order valence-electron chi connectivity index (χ4n) is 3.57. The van der Waals surface area contributed by atoms with Gasteiger partial charge in [-0.1, -0.05) is 0 Å². The summed E-state index contributed by atoms with van der Waals surface area (Å²) in [6.45, 7) is 5.62. The zero-order chi connectivity index (χ0) is 17.0. The number of hydrogen-bond acceptors (Lipinski definition) is 5. The smallest absolute Gasteiger partial charge is 0.257 e. The van der Waals surface area contributed by atoms with Crippen LogP contribution >= 0.6 is 0 Å². The molecule has 2 saturated heterocycles. The van der Waals surface area contributed by atoms with E-state index in [1.807, 2.05) is 0 Å². The summed E-state index contributed by atoms with van der Waals surface area (Å²) in [5, 5.41) is 0. The molecule has 1 spiro atoms. The summed E-state index contributed by atoms with van der Waals surface area (Å²) in [7, 11) is 1.70. The van der Waals surface area contributed by atoms with Gasteiger partial charge in [0, 0.05) is 44.9 Å². The lowest BCUT2D eigenvalue weighted by Gasteiger charge is -2.32. The van der Waals surface area contributed by atoms with Gasteiger partial charge in [0.1, 0.15) is 0 Å². The molecule has 2 aliphatic rings. The molecule has 1 amide bonds. The quantitative estimate of drug-likeness (QED) is 0.821. The van der Waals surface area contributed by atoms with Crippen LogP contribution in [0.25, 0.3) is 0 Å². The number of carbonyl (C=O) groups excluding carboxylic acids is 1. The number of likely N-dealkylation sites (tertiary alicyclic amines) is 1. The van der Waals surface area contributed by atoms with E-state index < -0.39 is 5.82 Å². The predicted octanol–water partition coefficient (Wildman–Crippen LogP) is 1.03. The van der Waals surface area contributed by atoms with Crippen LogP contribution in [0, 0.1) is 11.2 Å². The van der Waals surface area contributed by atoms with Crippen LogP contribution in [0.1, 0.15) is 16.8 Å². The van der Waals surface area contributed by atoms with Crippen LogP contribution in [-0.4, -0.2) is 80.3 Å². The highest BCUT2D eigenvalue weighted by molar-refractivity contribution is 5.94. The molecule has 3 rings (SSSR count). The van der Waals surface area contributed by atoms with Crippen molar-refractivity contribution in [1.29, 1.82) is 0 Å². The van der Waals surface area contributed by atoms with E-state index in [0.717, 1.165) is 32.3 Å². The Morgan fingerprint density at radius 1 is 1.46 bits per heavy atom. The van der Waals surface area contributed by atoms with Crippen LogP contribution in [0.4, 0.5) is 4.39 Å². The van der Waals surface area contributed by atoms with Crippen molar-refractivity contribution < 1.29 is 18.7 Å². The molecule has 2 fully saturated rings. The van der Waals surface area contributed by atoms with Crippen molar-refractivity contribution in [2.75, 3.05) is 59.7 Å². The first-order valence-corrected chi connectivity index (χ1v) is 8.31. The molecular formula is C17H24FN3O3. The number of carbonyl (C=O) groups is 1. The van der Waals surface area contributed by atoms with Crippen LogP contribution < -0.4 is 0 Å². The molecule has 0 aromatic carbocycles. The summed E-state index contributed by atoms with van der Waals surface area (Å²) in [5.74, 6) is -0.857. The van der Waals surface area contributed by atoms with Gasteiger partial charge in [-0.3, -0.25) is 9.78 Å². The SMILES string of the molecule is COCCN1CC[C@]2(COCCN(C(=O)c3ccncc3F)C2)C1. The Balaban J connectivity index is 1.71. The van der Waals surface area contributed by atoms with E-state index in [1.165, 1.54) is 12.3 Å². The first kappa shape index (κ1) is 17.3. The first-order chi connectivity index (χ1) is 11.6. The summed E-state index contributed by atoms with van der Waals surface area (Å²) >= 11 is 0. The summed E-state index contributed by atoms with van der Waals surface area (Å²) < 4.78 is 24.8. The van der Waals surface area contributed by atoms with Gasteiger partial charge < -0.3 is 19.3 Å². The van der Waals surface area contributed by atoms with Gasteiger partial charge in [-0.15, -0.1) is 0 Å². The minimum Gasteiger partial charge on any atom is -0.383 e. The summed E-state index contributed by atoms with van der Waals surface area (Å²) in [6, 6.07) is 1.44. The van der Waals surface area contributed by atoms with E-state index >= 15 is 0 Å². The Bertz CT molecular complexity index is 586. The third kappa shape index (κ3) is 3.74. The minimum atomic E-state index is -0.574. The highest BCUT2D eigenvalue weighted by atomic mass is 19.1. The van der Waals surface area contributed by atoms with Gasteiger partial charge in [-0.2, -0.15) is 0 Å². The Morgan fingerprint density at radius 3 is 3.12 bits per heavy atom. The van der Waals surface area contributed by atoms with E-state index in [1.54, 1.807) is 12.0 Å². The molecule has 6 nitrogen and oxygen atoms in total. The predicted molar refractivity (Wildman–Crippen MR) is 86.3 cm³/mol. The molecule has 1 aromatic heterocycles. The lowest BCUT2D eigenvalue weighted by atomic mass is 9.87. The van der Waals surface area contributed by atoms with Crippen LogP contribution in [0.15, 0.2) is 18.5 Å². The Hall–Kier alpha value is -1.57. The zero-order valence-corrected chi connectivity index (χ0v) is 14.0. The van der Waals surface area contributed by atoms with Crippen LogP contribution in [0.3, 0.4) is 0 Å². The summed E-state index contributed by atoms with van der Waals surface area (Å²) in [6.07, 6.45) is 3.50. The third-order valence-corrected chi connectivity index (χ3v) is 4.86. The normalized spacial score (nSPS) is 25.2. The van der Waals surface area contributed by atoms with Crippen molar-refractivity contribution >= 4 is 5.91 Å². The van der Waals surface area contributed by atoms with Gasteiger partial charge in [0.2, 0.25) is 0 Å². The number of aromatic nitrogens is 1. The van der Waals surface area contributed by atoms with E-state index in [0.29, 0.717) is 32.9 Å². The molecule has 0 bridgehead atoms.